The van der Waals surface area contributed by atoms with Crippen molar-refractivity contribution in [1.29, 1.82) is 0 Å². The first-order valence-electron chi connectivity index (χ1n) is 4.35. The summed E-state index contributed by atoms with van der Waals surface area (Å²) in [5, 5.41) is 6.44. The van der Waals surface area contributed by atoms with Crippen LogP contribution < -0.4 is 10.6 Å². The van der Waals surface area contributed by atoms with E-state index in [-0.39, 0.29) is 0 Å². The molecule has 0 unspecified atom stereocenters. The van der Waals surface area contributed by atoms with Crippen molar-refractivity contribution in [2.45, 2.75) is 6.92 Å². The lowest BCUT2D eigenvalue weighted by Gasteiger charge is -2.13. The molecule has 11 heavy (non-hydrogen) atoms. The molecule has 3 heteroatoms. The minimum Gasteiger partial charge on any atom is -0.318 e. The van der Waals surface area contributed by atoms with Gasteiger partial charge in [-0.05, 0) is 20.6 Å². The Bertz CT molecular complexity index is 75.7. The predicted molar refractivity (Wildman–Crippen MR) is 50.0 cm³/mol. The molecule has 0 saturated carbocycles. The molecule has 0 rings (SSSR count). The van der Waals surface area contributed by atoms with E-state index in [4.69, 9.17) is 0 Å². The summed E-state index contributed by atoms with van der Waals surface area (Å²) >= 11 is 0. The second-order valence-electron chi connectivity index (χ2n) is 2.75. The number of nitrogens with one attached hydrogen (secondary N) is 2. The van der Waals surface area contributed by atoms with E-state index in [1.54, 1.807) is 0 Å². The van der Waals surface area contributed by atoms with E-state index in [0.29, 0.717) is 0 Å². The average Bonchev–Trinajstić information content (AvgIpc) is 2.04. The molecule has 0 aromatic carbocycles. The molecule has 0 saturated heterocycles. The van der Waals surface area contributed by atoms with Gasteiger partial charge in [-0.1, -0.05) is 6.92 Å². The molecule has 0 radical (unpaired) electrons. The Morgan fingerprint density at radius 1 is 1.18 bits per heavy atom. The first kappa shape index (κ1) is 10.9. The maximum absolute atomic E-state index is 3.35. The van der Waals surface area contributed by atoms with Gasteiger partial charge in [-0.15, -0.1) is 0 Å². The second-order valence-corrected chi connectivity index (χ2v) is 2.75. The van der Waals surface area contributed by atoms with Crippen molar-refractivity contribution in [2.24, 2.45) is 0 Å². The quantitative estimate of drug-likeness (QED) is 0.502. The van der Waals surface area contributed by atoms with E-state index >= 15 is 0 Å². The fourth-order valence-corrected chi connectivity index (χ4v) is 0.766. The summed E-state index contributed by atoms with van der Waals surface area (Å²) < 4.78 is 0. The maximum atomic E-state index is 3.35. The zero-order chi connectivity index (χ0) is 8.53. The van der Waals surface area contributed by atoms with E-state index < -0.39 is 0 Å². The molecule has 0 aromatic heterocycles. The molecule has 0 bridgehead atoms. The van der Waals surface area contributed by atoms with Gasteiger partial charge in [-0.25, -0.2) is 0 Å². The van der Waals surface area contributed by atoms with E-state index in [9.17, 15) is 0 Å². The SMILES string of the molecule is CCN(C)CCNCCNC. The molecular weight excluding hydrogens is 138 g/mol. The van der Waals surface area contributed by atoms with Crippen molar-refractivity contribution in [3.63, 3.8) is 0 Å². The first-order valence-corrected chi connectivity index (χ1v) is 4.35. The predicted octanol–water partition coefficient (Wildman–Crippen LogP) is -0.253. The normalized spacial score (nSPS) is 10.9. The third kappa shape index (κ3) is 7.78. The van der Waals surface area contributed by atoms with Gasteiger partial charge in [-0.2, -0.15) is 0 Å². The molecule has 0 aliphatic heterocycles. The van der Waals surface area contributed by atoms with Gasteiger partial charge in [0.2, 0.25) is 0 Å². The number of nitrogens with zero attached hydrogens (tertiary/aromatic N) is 1. The highest BCUT2D eigenvalue weighted by Crippen LogP contribution is 1.76. The minimum atomic E-state index is 1.05. The van der Waals surface area contributed by atoms with Gasteiger partial charge in [0.15, 0.2) is 0 Å². The highest BCUT2D eigenvalue weighted by atomic mass is 15.1. The van der Waals surface area contributed by atoms with Gasteiger partial charge >= 0.3 is 0 Å². The Morgan fingerprint density at radius 2 is 1.91 bits per heavy atom. The van der Waals surface area contributed by atoms with Crippen molar-refractivity contribution < 1.29 is 0 Å². The Balaban J connectivity index is 2.89. The Morgan fingerprint density at radius 3 is 2.45 bits per heavy atom. The van der Waals surface area contributed by atoms with E-state index in [1.807, 2.05) is 7.05 Å². The van der Waals surface area contributed by atoms with Crippen molar-refractivity contribution in [3.05, 3.63) is 0 Å². The minimum absolute atomic E-state index is 1.05. The fourth-order valence-electron chi connectivity index (χ4n) is 0.766. The summed E-state index contributed by atoms with van der Waals surface area (Å²) in [5.41, 5.74) is 0. The van der Waals surface area contributed by atoms with Crippen LogP contribution in [0.25, 0.3) is 0 Å². The van der Waals surface area contributed by atoms with E-state index in [1.165, 1.54) is 0 Å². The molecule has 0 fully saturated rings. The molecule has 0 aliphatic rings. The molecule has 0 atom stereocenters. The third-order valence-corrected chi connectivity index (χ3v) is 1.76. The van der Waals surface area contributed by atoms with Crippen LogP contribution in [0.15, 0.2) is 0 Å². The summed E-state index contributed by atoms with van der Waals surface area (Å²) in [4.78, 5) is 2.30. The van der Waals surface area contributed by atoms with Crippen LogP contribution >= 0.6 is 0 Å². The summed E-state index contributed by atoms with van der Waals surface area (Å²) in [6.45, 7) is 7.65. The molecule has 0 spiro atoms. The Labute approximate surface area is 70.2 Å². The van der Waals surface area contributed by atoms with Crippen molar-refractivity contribution in [3.8, 4) is 0 Å². The van der Waals surface area contributed by atoms with Crippen LogP contribution in [0.5, 0.6) is 0 Å². The highest BCUT2D eigenvalue weighted by molar-refractivity contribution is 4.53. The standard InChI is InChI=1S/C8H21N3/c1-4-11(3)8-7-10-6-5-9-2/h9-10H,4-8H2,1-3H3. The Kier molecular flexibility index (Phi) is 7.89. The monoisotopic (exact) mass is 159 g/mol. The van der Waals surface area contributed by atoms with Crippen LogP contribution in [0.2, 0.25) is 0 Å². The van der Waals surface area contributed by atoms with Crippen LogP contribution in [0.4, 0.5) is 0 Å². The lowest BCUT2D eigenvalue weighted by molar-refractivity contribution is 0.349. The number of rotatable bonds is 7. The summed E-state index contributed by atoms with van der Waals surface area (Å²) in [6.07, 6.45) is 0. The molecular formula is C8H21N3. The number of hydrogen-bond donors (Lipinski definition) is 2. The molecule has 0 heterocycles. The van der Waals surface area contributed by atoms with Crippen molar-refractivity contribution in [2.75, 3.05) is 46.8 Å². The lowest BCUT2D eigenvalue weighted by atomic mass is 10.5. The third-order valence-electron chi connectivity index (χ3n) is 1.76. The summed E-state index contributed by atoms with van der Waals surface area (Å²) in [6, 6.07) is 0. The highest BCUT2D eigenvalue weighted by Gasteiger charge is 1.91. The smallest absolute Gasteiger partial charge is 0.0104 e. The topological polar surface area (TPSA) is 27.3 Å². The molecule has 0 aliphatic carbocycles. The van der Waals surface area contributed by atoms with Crippen molar-refractivity contribution >= 4 is 0 Å². The molecule has 3 nitrogen and oxygen atoms in total. The fraction of sp³-hybridized carbons (Fsp3) is 1.00. The van der Waals surface area contributed by atoms with Crippen LogP contribution in [-0.4, -0.2) is 51.7 Å². The van der Waals surface area contributed by atoms with Gasteiger partial charge in [-0.3, -0.25) is 0 Å². The molecule has 0 amide bonds. The van der Waals surface area contributed by atoms with Gasteiger partial charge < -0.3 is 15.5 Å². The maximum Gasteiger partial charge on any atom is 0.0104 e. The first-order chi connectivity index (χ1) is 5.31. The zero-order valence-electron chi connectivity index (χ0n) is 7.98. The summed E-state index contributed by atoms with van der Waals surface area (Å²) in [7, 11) is 4.11. The van der Waals surface area contributed by atoms with E-state index in [0.717, 1.165) is 32.7 Å². The van der Waals surface area contributed by atoms with Crippen LogP contribution in [0.1, 0.15) is 6.92 Å². The average molecular weight is 159 g/mol. The summed E-state index contributed by atoms with van der Waals surface area (Å²) in [5.74, 6) is 0. The van der Waals surface area contributed by atoms with Crippen molar-refractivity contribution in [1.82, 2.24) is 15.5 Å². The van der Waals surface area contributed by atoms with Gasteiger partial charge in [0.25, 0.3) is 0 Å². The van der Waals surface area contributed by atoms with Crippen LogP contribution in [-0.2, 0) is 0 Å². The van der Waals surface area contributed by atoms with Gasteiger partial charge in [0, 0.05) is 26.2 Å². The van der Waals surface area contributed by atoms with Crippen LogP contribution in [0, 0.1) is 0 Å². The van der Waals surface area contributed by atoms with E-state index in [2.05, 4.69) is 29.5 Å². The molecule has 68 valence electrons. The lowest BCUT2D eigenvalue weighted by Crippen LogP contribution is -2.32. The number of hydrogen-bond acceptors (Lipinski definition) is 3. The number of likely N-dealkylation sites (N-methyl/N-ethyl adjacent to an activating group) is 2. The zero-order valence-corrected chi connectivity index (χ0v) is 7.98. The largest absolute Gasteiger partial charge is 0.318 e. The second kappa shape index (κ2) is 7.98. The van der Waals surface area contributed by atoms with Gasteiger partial charge in [0.05, 0.1) is 0 Å². The Hall–Kier alpha value is -0.120. The van der Waals surface area contributed by atoms with Gasteiger partial charge in [0.1, 0.15) is 0 Å². The van der Waals surface area contributed by atoms with Crippen LogP contribution in [0.3, 0.4) is 0 Å². The molecule has 2 N–H and O–H groups in total. The molecule has 0 aromatic rings.